The Bertz CT molecular complexity index is 745. The van der Waals surface area contributed by atoms with Crippen LogP contribution in [-0.2, 0) is 4.79 Å². The summed E-state index contributed by atoms with van der Waals surface area (Å²) in [6, 6.07) is 12.8. The molecular formula is C20H23ClN2O3. The fourth-order valence-electron chi connectivity index (χ4n) is 2.11. The van der Waals surface area contributed by atoms with Gasteiger partial charge >= 0.3 is 0 Å². The van der Waals surface area contributed by atoms with E-state index in [2.05, 4.69) is 17.5 Å². The Hall–Kier alpha value is -2.53. The highest BCUT2D eigenvalue weighted by atomic mass is 35.5. The van der Waals surface area contributed by atoms with E-state index in [9.17, 15) is 4.79 Å². The molecule has 2 rings (SSSR count). The molecule has 0 bridgehead atoms. The second-order valence-electron chi connectivity index (χ2n) is 5.76. The Morgan fingerprint density at radius 2 is 1.96 bits per heavy atom. The topological polar surface area (TPSA) is 59.9 Å². The molecule has 0 fully saturated rings. The van der Waals surface area contributed by atoms with Crippen LogP contribution in [0.5, 0.6) is 11.5 Å². The minimum Gasteiger partial charge on any atom is -0.494 e. The zero-order valence-corrected chi connectivity index (χ0v) is 15.8. The van der Waals surface area contributed by atoms with Gasteiger partial charge in [-0.25, -0.2) is 5.43 Å². The molecule has 0 aromatic heterocycles. The van der Waals surface area contributed by atoms with E-state index in [1.54, 1.807) is 24.4 Å². The van der Waals surface area contributed by atoms with E-state index in [1.165, 1.54) is 0 Å². The van der Waals surface area contributed by atoms with E-state index in [4.69, 9.17) is 21.1 Å². The lowest BCUT2D eigenvalue weighted by Crippen LogP contribution is -2.24. The quantitative estimate of drug-likeness (QED) is 0.403. The molecule has 6 heteroatoms. The molecule has 0 aliphatic heterocycles. The molecule has 0 atom stereocenters. The van der Waals surface area contributed by atoms with Crippen molar-refractivity contribution in [1.29, 1.82) is 0 Å². The average Bonchev–Trinajstić information content (AvgIpc) is 2.62. The van der Waals surface area contributed by atoms with Crippen LogP contribution in [0, 0.1) is 6.92 Å². The normalized spacial score (nSPS) is 10.7. The van der Waals surface area contributed by atoms with Gasteiger partial charge in [0.25, 0.3) is 5.91 Å². The first-order chi connectivity index (χ1) is 12.6. The van der Waals surface area contributed by atoms with Crippen LogP contribution < -0.4 is 14.9 Å². The summed E-state index contributed by atoms with van der Waals surface area (Å²) in [7, 11) is 0. The van der Waals surface area contributed by atoms with E-state index in [0.717, 1.165) is 29.7 Å². The Labute approximate surface area is 159 Å². The number of hydrazone groups is 1. The fourth-order valence-corrected chi connectivity index (χ4v) is 2.34. The molecule has 26 heavy (non-hydrogen) atoms. The van der Waals surface area contributed by atoms with E-state index < -0.39 is 0 Å². The standard InChI is InChI=1S/C20H23ClN2O3/c1-3-4-11-25-18-8-5-16(6-9-18)13-22-23-20(24)14-26-19-10-7-17(21)12-15(19)2/h5-10,12-13H,3-4,11,14H2,1-2H3,(H,23,24)/b22-13+. The Kier molecular flexibility index (Phi) is 7.96. The van der Waals surface area contributed by atoms with Crippen molar-refractivity contribution in [3.8, 4) is 11.5 Å². The number of rotatable bonds is 9. The van der Waals surface area contributed by atoms with Gasteiger partial charge in [-0.1, -0.05) is 24.9 Å². The number of carbonyl (C=O) groups excluding carboxylic acids is 1. The van der Waals surface area contributed by atoms with Gasteiger partial charge in [-0.15, -0.1) is 0 Å². The summed E-state index contributed by atoms with van der Waals surface area (Å²) >= 11 is 5.89. The third-order valence-corrected chi connectivity index (χ3v) is 3.78. The molecule has 0 unspecified atom stereocenters. The average molecular weight is 375 g/mol. The molecule has 0 heterocycles. The Morgan fingerprint density at radius 1 is 1.19 bits per heavy atom. The summed E-state index contributed by atoms with van der Waals surface area (Å²) in [5.74, 6) is 1.11. The first kappa shape index (κ1) is 19.8. The molecule has 0 saturated carbocycles. The predicted octanol–water partition coefficient (Wildman–Crippen LogP) is 4.36. The SMILES string of the molecule is CCCCOc1ccc(/C=N/NC(=O)COc2ccc(Cl)cc2C)cc1. The van der Waals surface area contributed by atoms with Crippen molar-refractivity contribution in [2.24, 2.45) is 5.10 Å². The number of benzene rings is 2. The number of unbranched alkanes of at least 4 members (excludes halogenated alkanes) is 1. The fraction of sp³-hybridized carbons (Fsp3) is 0.300. The zero-order valence-electron chi connectivity index (χ0n) is 15.0. The molecular weight excluding hydrogens is 352 g/mol. The number of aryl methyl sites for hydroxylation is 1. The van der Waals surface area contributed by atoms with Crippen molar-refractivity contribution >= 4 is 23.7 Å². The molecule has 1 amide bonds. The maximum atomic E-state index is 11.8. The third-order valence-electron chi connectivity index (χ3n) is 3.55. The van der Waals surface area contributed by atoms with Crippen LogP contribution in [0.25, 0.3) is 0 Å². The molecule has 2 aromatic carbocycles. The van der Waals surface area contributed by atoms with Crippen molar-refractivity contribution < 1.29 is 14.3 Å². The summed E-state index contributed by atoms with van der Waals surface area (Å²) < 4.78 is 11.1. The molecule has 1 N–H and O–H groups in total. The molecule has 0 radical (unpaired) electrons. The van der Waals surface area contributed by atoms with Gasteiger partial charge in [0.1, 0.15) is 11.5 Å². The van der Waals surface area contributed by atoms with Crippen molar-refractivity contribution in [2.75, 3.05) is 13.2 Å². The maximum Gasteiger partial charge on any atom is 0.277 e. The van der Waals surface area contributed by atoms with Crippen LogP contribution >= 0.6 is 11.6 Å². The van der Waals surface area contributed by atoms with Gasteiger partial charge in [0, 0.05) is 5.02 Å². The predicted molar refractivity (Wildman–Crippen MR) is 104 cm³/mol. The summed E-state index contributed by atoms with van der Waals surface area (Å²) in [6.45, 7) is 4.59. The number of ether oxygens (including phenoxy) is 2. The molecule has 5 nitrogen and oxygen atoms in total. The van der Waals surface area contributed by atoms with E-state index in [0.29, 0.717) is 17.4 Å². The third kappa shape index (κ3) is 6.76. The zero-order chi connectivity index (χ0) is 18.8. The van der Waals surface area contributed by atoms with Gasteiger partial charge in [-0.3, -0.25) is 4.79 Å². The highest BCUT2D eigenvalue weighted by Crippen LogP contribution is 2.21. The monoisotopic (exact) mass is 374 g/mol. The van der Waals surface area contributed by atoms with Gasteiger partial charge < -0.3 is 9.47 Å². The number of nitrogens with zero attached hydrogens (tertiary/aromatic N) is 1. The van der Waals surface area contributed by atoms with Crippen LogP contribution in [0.1, 0.15) is 30.9 Å². The first-order valence-electron chi connectivity index (χ1n) is 8.52. The van der Waals surface area contributed by atoms with Crippen LogP contribution in [0.15, 0.2) is 47.6 Å². The Balaban J connectivity index is 1.75. The summed E-state index contributed by atoms with van der Waals surface area (Å²) in [5, 5.41) is 4.56. The lowest BCUT2D eigenvalue weighted by Gasteiger charge is -2.08. The molecule has 0 saturated heterocycles. The van der Waals surface area contributed by atoms with Gasteiger partial charge in [-0.05, 0) is 66.9 Å². The Morgan fingerprint density at radius 3 is 2.65 bits per heavy atom. The van der Waals surface area contributed by atoms with Crippen molar-refractivity contribution in [3.63, 3.8) is 0 Å². The maximum absolute atomic E-state index is 11.8. The second-order valence-corrected chi connectivity index (χ2v) is 6.20. The summed E-state index contributed by atoms with van der Waals surface area (Å²) in [4.78, 5) is 11.8. The van der Waals surface area contributed by atoms with E-state index in [1.807, 2.05) is 31.2 Å². The highest BCUT2D eigenvalue weighted by molar-refractivity contribution is 6.30. The van der Waals surface area contributed by atoms with Crippen molar-refractivity contribution in [3.05, 3.63) is 58.6 Å². The first-order valence-corrected chi connectivity index (χ1v) is 8.90. The minimum atomic E-state index is -0.338. The number of carbonyl (C=O) groups is 1. The summed E-state index contributed by atoms with van der Waals surface area (Å²) in [6.07, 6.45) is 3.71. The number of hydrogen-bond acceptors (Lipinski definition) is 4. The van der Waals surface area contributed by atoms with E-state index >= 15 is 0 Å². The van der Waals surface area contributed by atoms with Gasteiger partial charge in [0.15, 0.2) is 6.61 Å². The highest BCUT2D eigenvalue weighted by Gasteiger charge is 2.04. The van der Waals surface area contributed by atoms with Gasteiger partial charge in [0.05, 0.1) is 12.8 Å². The van der Waals surface area contributed by atoms with E-state index in [-0.39, 0.29) is 12.5 Å². The summed E-state index contributed by atoms with van der Waals surface area (Å²) in [5.41, 5.74) is 4.17. The molecule has 0 spiro atoms. The van der Waals surface area contributed by atoms with Crippen LogP contribution in [0.4, 0.5) is 0 Å². The van der Waals surface area contributed by atoms with Crippen LogP contribution in [0.2, 0.25) is 5.02 Å². The molecule has 2 aromatic rings. The second kappa shape index (κ2) is 10.5. The molecule has 0 aliphatic carbocycles. The van der Waals surface area contributed by atoms with Gasteiger partial charge in [-0.2, -0.15) is 5.10 Å². The molecule has 138 valence electrons. The number of halogens is 1. The molecule has 0 aliphatic rings. The van der Waals surface area contributed by atoms with Crippen molar-refractivity contribution in [2.45, 2.75) is 26.7 Å². The number of hydrogen-bond donors (Lipinski definition) is 1. The smallest absolute Gasteiger partial charge is 0.277 e. The van der Waals surface area contributed by atoms with Gasteiger partial charge in [0.2, 0.25) is 0 Å². The minimum absolute atomic E-state index is 0.121. The van der Waals surface area contributed by atoms with Crippen LogP contribution in [0.3, 0.4) is 0 Å². The van der Waals surface area contributed by atoms with Crippen molar-refractivity contribution in [1.82, 2.24) is 5.43 Å². The largest absolute Gasteiger partial charge is 0.494 e. The number of amides is 1. The lowest BCUT2D eigenvalue weighted by atomic mass is 10.2. The van der Waals surface area contributed by atoms with Crippen LogP contribution in [-0.4, -0.2) is 25.3 Å². The number of nitrogens with one attached hydrogen (secondary N) is 1. The lowest BCUT2D eigenvalue weighted by molar-refractivity contribution is -0.123.